The lowest BCUT2D eigenvalue weighted by molar-refractivity contribution is -0.125. The van der Waals surface area contributed by atoms with Crippen molar-refractivity contribution in [2.75, 3.05) is 13.1 Å². The summed E-state index contributed by atoms with van der Waals surface area (Å²) in [6.45, 7) is 6.81. The highest BCUT2D eigenvalue weighted by atomic mass is 16.1. The van der Waals surface area contributed by atoms with E-state index in [2.05, 4.69) is 18.7 Å². The average Bonchev–Trinajstić information content (AvgIpc) is 2.01. The van der Waals surface area contributed by atoms with Crippen molar-refractivity contribution in [3.05, 3.63) is 0 Å². The van der Waals surface area contributed by atoms with Gasteiger partial charge in [0.15, 0.2) is 0 Å². The Labute approximate surface area is 80.3 Å². The van der Waals surface area contributed by atoms with Gasteiger partial charge in [-0.25, -0.2) is 0 Å². The quantitative estimate of drug-likeness (QED) is 0.613. The van der Waals surface area contributed by atoms with Crippen molar-refractivity contribution in [1.82, 2.24) is 4.90 Å². The van der Waals surface area contributed by atoms with Gasteiger partial charge in [-0.1, -0.05) is 0 Å². The summed E-state index contributed by atoms with van der Waals surface area (Å²) < 4.78 is 0. The molecule has 0 N–H and O–H groups in total. The number of fused-ring (bicyclic) bond motifs is 2. The molecule has 1 aliphatic heterocycles. The lowest BCUT2D eigenvalue weighted by atomic mass is 9.77. The van der Waals surface area contributed by atoms with Crippen LogP contribution < -0.4 is 0 Å². The van der Waals surface area contributed by atoms with Gasteiger partial charge in [0.1, 0.15) is 5.78 Å². The fraction of sp³-hybridized carbons (Fsp3) is 0.909. The molecule has 1 saturated carbocycles. The molecule has 2 unspecified atom stereocenters. The minimum Gasteiger partial charge on any atom is -0.300 e. The van der Waals surface area contributed by atoms with Gasteiger partial charge in [-0.3, -0.25) is 4.79 Å². The van der Waals surface area contributed by atoms with Gasteiger partial charge in [-0.15, -0.1) is 0 Å². The Bertz CT molecular complexity index is 196. The van der Waals surface area contributed by atoms with E-state index in [1.807, 2.05) is 0 Å². The summed E-state index contributed by atoms with van der Waals surface area (Å²) in [4.78, 5) is 13.9. The minimum absolute atomic E-state index is 0.504. The van der Waals surface area contributed by atoms with Crippen LogP contribution in [0.4, 0.5) is 0 Å². The molecule has 0 aromatic carbocycles. The van der Waals surface area contributed by atoms with E-state index < -0.39 is 0 Å². The molecule has 0 aromatic rings. The Kier molecular flexibility index (Phi) is 2.41. The number of nitrogens with zero attached hydrogens (tertiary/aromatic N) is 1. The molecule has 2 aliphatic rings. The summed E-state index contributed by atoms with van der Waals surface area (Å²) in [6.07, 6.45) is 2.99. The van der Waals surface area contributed by atoms with E-state index in [1.165, 1.54) is 6.42 Å². The first-order valence-corrected chi connectivity index (χ1v) is 5.41. The first-order chi connectivity index (χ1) is 6.15. The van der Waals surface area contributed by atoms with Crippen LogP contribution in [0.3, 0.4) is 0 Å². The zero-order chi connectivity index (χ0) is 9.42. The number of ketones is 1. The number of carbonyl (C=O) groups is 1. The maximum atomic E-state index is 11.3. The van der Waals surface area contributed by atoms with Crippen molar-refractivity contribution in [3.8, 4) is 0 Å². The van der Waals surface area contributed by atoms with Crippen LogP contribution in [0, 0.1) is 11.8 Å². The van der Waals surface area contributed by atoms with Crippen LogP contribution in [0.25, 0.3) is 0 Å². The summed E-state index contributed by atoms with van der Waals surface area (Å²) >= 11 is 0. The molecule has 2 fully saturated rings. The maximum Gasteiger partial charge on any atom is 0.133 e. The molecule has 0 amide bonds. The van der Waals surface area contributed by atoms with E-state index in [0.717, 1.165) is 25.9 Å². The summed E-state index contributed by atoms with van der Waals surface area (Å²) in [5.74, 6) is 1.84. The predicted octanol–water partition coefficient (Wildman–Crippen LogP) is 1.70. The monoisotopic (exact) mass is 181 g/mol. The van der Waals surface area contributed by atoms with E-state index in [9.17, 15) is 4.79 Å². The smallest absolute Gasteiger partial charge is 0.133 e. The Morgan fingerprint density at radius 3 is 2.23 bits per heavy atom. The van der Waals surface area contributed by atoms with Gasteiger partial charge >= 0.3 is 0 Å². The van der Waals surface area contributed by atoms with Crippen LogP contribution in [-0.4, -0.2) is 29.8 Å². The number of hydrogen-bond acceptors (Lipinski definition) is 2. The molecule has 0 radical (unpaired) electrons. The Hall–Kier alpha value is -0.370. The van der Waals surface area contributed by atoms with Crippen LogP contribution in [0.1, 0.15) is 33.1 Å². The average molecular weight is 181 g/mol. The van der Waals surface area contributed by atoms with Gasteiger partial charge in [-0.05, 0) is 32.1 Å². The van der Waals surface area contributed by atoms with Gasteiger partial charge in [0.2, 0.25) is 0 Å². The topological polar surface area (TPSA) is 20.3 Å². The molecule has 2 atom stereocenters. The zero-order valence-electron chi connectivity index (χ0n) is 8.62. The van der Waals surface area contributed by atoms with E-state index in [-0.39, 0.29) is 0 Å². The minimum atomic E-state index is 0.504. The number of carbonyl (C=O) groups excluding carboxylic acids is 1. The third-order valence-electron chi connectivity index (χ3n) is 3.42. The van der Waals surface area contributed by atoms with Crippen molar-refractivity contribution < 1.29 is 4.79 Å². The molecule has 1 aliphatic carbocycles. The van der Waals surface area contributed by atoms with E-state index in [1.54, 1.807) is 0 Å². The SMILES string of the molecule is CC(C)N1CC2CC(=O)CC(C2)C1. The normalized spacial score (nSPS) is 35.5. The molecule has 1 heterocycles. The largest absolute Gasteiger partial charge is 0.300 e. The second-order valence-electron chi connectivity index (χ2n) is 4.96. The standard InChI is InChI=1S/C11H19NO/c1-8(2)12-6-9-3-10(7-12)5-11(13)4-9/h8-10H,3-7H2,1-2H3. The van der Waals surface area contributed by atoms with E-state index >= 15 is 0 Å². The van der Waals surface area contributed by atoms with Gasteiger partial charge in [0, 0.05) is 32.0 Å². The van der Waals surface area contributed by atoms with Crippen molar-refractivity contribution >= 4 is 5.78 Å². The van der Waals surface area contributed by atoms with Crippen molar-refractivity contribution in [3.63, 3.8) is 0 Å². The highest BCUT2D eigenvalue weighted by Crippen LogP contribution is 2.33. The van der Waals surface area contributed by atoms with Crippen molar-refractivity contribution in [2.24, 2.45) is 11.8 Å². The molecule has 2 bridgehead atoms. The van der Waals surface area contributed by atoms with Gasteiger partial charge in [0.25, 0.3) is 0 Å². The van der Waals surface area contributed by atoms with Gasteiger partial charge < -0.3 is 4.90 Å². The first-order valence-electron chi connectivity index (χ1n) is 5.41. The fourth-order valence-electron chi connectivity index (χ4n) is 2.80. The number of hydrogen-bond donors (Lipinski definition) is 0. The zero-order valence-corrected chi connectivity index (χ0v) is 8.62. The fourth-order valence-corrected chi connectivity index (χ4v) is 2.80. The third-order valence-corrected chi connectivity index (χ3v) is 3.42. The molecule has 2 rings (SSSR count). The molecular weight excluding hydrogens is 162 g/mol. The molecule has 2 heteroatoms. The molecular formula is C11H19NO. The van der Waals surface area contributed by atoms with Gasteiger partial charge in [-0.2, -0.15) is 0 Å². The van der Waals surface area contributed by atoms with Crippen LogP contribution in [0.5, 0.6) is 0 Å². The highest BCUT2D eigenvalue weighted by molar-refractivity contribution is 5.79. The summed E-state index contributed by atoms with van der Waals surface area (Å²) in [5, 5.41) is 0. The lowest BCUT2D eigenvalue weighted by Gasteiger charge is -2.42. The number of rotatable bonds is 1. The lowest BCUT2D eigenvalue weighted by Crippen LogP contribution is -2.47. The second-order valence-corrected chi connectivity index (χ2v) is 4.96. The molecule has 0 aromatic heterocycles. The predicted molar refractivity (Wildman–Crippen MR) is 52.5 cm³/mol. The molecule has 13 heavy (non-hydrogen) atoms. The molecule has 1 saturated heterocycles. The maximum absolute atomic E-state index is 11.3. The summed E-state index contributed by atoms with van der Waals surface area (Å²) in [7, 11) is 0. The van der Waals surface area contributed by atoms with Crippen molar-refractivity contribution in [2.45, 2.75) is 39.2 Å². The third kappa shape index (κ3) is 1.93. The van der Waals surface area contributed by atoms with Crippen LogP contribution in [0.15, 0.2) is 0 Å². The van der Waals surface area contributed by atoms with Gasteiger partial charge in [0.05, 0.1) is 0 Å². The Balaban J connectivity index is 2.01. The molecule has 2 nitrogen and oxygen atoms in total. The second kappa shape index (κ2) is 3.41. The van der Waals surface area contributed by atoms with Crippen LogP contribution in [-0.2, 0) is 4.79 Å². The number of piperidine rings is 1. The van der Waals surface area contributed by atoms with Crippen LogP contribution >= 0.6 is 0 Å². The first kappa shape index (κ1) is 9.20. The summed E-state index contributed by atoms with van der Waals surface area (Å²) in [6, 6.07) is 0.651. The number of likely N-dealkylation sites (tertiary alicyclic amines) is 1. The summed E-state index contributed by atoms with van der Waals surface area (Å²) in [5.41, 5.74) is 0. The highest BCUT2D eigenvalue weighted by Gasteiger charge is 2.34. The Morgan fingerprint density at radius 2 is 1.77 bits per heavy atom. The van der Waals surface area contributed by atoms with Crippen LogP contribution in [0.2, 0.25) is 0 Å². The van der Waals surface area contributed by atoms with Crippen molar-refractivity contribution in [1.29, 1.82) is 0 Å². The van der Waals surface area contributed by atoms with E-state index in [4.69, 9.17) is 0 Å². The Morgan fingerprint density at radius 1 is 1.23 bits per heavy atom. The van der Waals surface area contributed by atoms with E-state index in [0.29, 0.717) is 23.7 Å². The molecule has 0 spiro atoms. The molecule has 74 valence electrons. The number of Topliss-reactive ketones (excluding diaryl/α,β-unsaturated/α-hetero) is 1.